The molecule has 2 N–H and O–H groups in total. The van der Waals surface area contributed by atoms with E-state index in [1.807, 2.05) is 6.07 Å². The number of nitrogens with zero attached hydrogens (tertiary/aromatic N) is 1. The lowest BCUT2D eigenvalue weighted by Gasteiger charge is -2.31. The summed E-state index contributed by atoms with van der Waals surface area (Å²) >= 11 is 11.9. The number of carbonyl (C=O) groups is 2. The molecule has 1 saturated carbocycles. The van der Waals surface area contributed by atoms with Crippen molar-refractivity contribution in [2.45, 2.75) is 31.7 Å². The van der Waals surface area contributed by atoms with Crippen LogP contribution in [-0.4, -0.2) is 24.4 Å². The standard InChI is InChI=1S/C16H17Cl2N3O2/c17-10-5-6-11(13(18)9-10)16(23)21-14-4-2-1-3-12(14)15(22)20-8-7-19/h5-6,9,12,14H,1-4,8H2,(H,20,22)(H,21,23)/t12-,14+/m0/s1. The van der Waals surface area contributed by atoms with Gasteiger partial charge in [0.25, 0.3) is 5.91 Å². The Morgan fingerprint density at radius 2 is 2.00 bits per heavy atom. The van der Waals surface area contributed by atoms with Crippen LogP contribution in [-0.2, 0) is 4.79 Å². The van der Waals surface area contributed by atoms with E-state index in [1.54, 1.807) is 12.1 Å². The van der Waals surface area contributed by atoms with E-state index in [1.165, 1.54) is 6.07 Å². The van der Waals surface area contributed by atoms with Gasteiger partial charge in [-0.15, -0.1) is 0 Å². The predicted octanol–water partition coefficient (Wildman–Crippen LogP) is 2.92. The highest BCUT2D eigenvalue weighted by Crippen LogP contribution is 2.26. The molecule has 0 saturated heterocycles. The Morgan fingerprint density at radius 3 is 2.70 bits per heavy atom. The van der Waals surface area contributed by atoms with E-state index >= 15 is 0 Å². The second kappa shape index (κ2) is 8.19. The van der Waals surface area contributed by atoms with Gasteiger partial charge in [-0.3, -0.25) is 9.59 Å². The van der Waals surface area contributed by atoms with Crippen molar-refractivity contribution >= 4 is 35.0 Å². The van der Waals surface area contributed by atoms with Crippen LogP contribution in [0.15, 0.2) is 18.2 Å². The zero-order valence-corrected chi connectivity index (χ0v) is 14.0. The molecule has 1 aromatic carbocycles. The van der Waals surface area contributed by atoms with E-state index in [0.29, 0.717) is 17.0 Å². The molecule has 2 rings (SSSR count). The number of carbonyl (C=O) groups excluding carboxylic acids is 2. The molecule has 0 radical (unpaired) electrons. The number of hydrogen-bond acceptors (Lipinski definition) is 3. The van der Waals surface area contributed by atoms with Gasteiger partial charge in [0.05, 0.1) is 22.6 Å². The lowest BCUT2D eigenvalue weighted by molar-refractivity contribution is -0.126. The Balaban J connectivity index is 2.07. The summed E-state index contributed by atoms with van der Waals surface area (Å²) in [6.45, 7) is -0.0288. The van der Waals surface area contributed by atoms with Crippen LogP contribution in [0.5, 0.6) is 0 Å². The quantitative estimate of drug-likeness (QED) is 0.816. The first-order valence-corrected chi connectivity index (χ1v) is 8.19. The summed E-state index contributed by atoms with van der Waals surface area (Å²) in [6.07, 6.45) is 3.29. The molecular formula is C16H17Cl2N3O2. The van der Waals surface area contributed by atoms with Gasteiger partial charge in [-0.2, -0.15) is 5.26 Å². The summed E-state index contributed by atoms with van der Waals surface area (Å²) in [5, 5.41) is 14.8. The van der Waals surface area contributed by atoms with E-state index in [-0.39, 0.29) is 35.3 Å². The van der Waals surface area contributed by atoms with E-state index in [9.17, 15) is 9.59 Å². The zero-order valence-electron chi connectivity index (χ0n) is 12.4. The molecule has 7 heteroatoms. The predicted molar refractivity (Wildman–Crippen MR) is 88.3 cm³/mol. The van der Waals surface area contributed by atoms with Crippen LogP contribution in [0, 0.1) is 17.2 Å². The molecule has 0 unspecified atom stereocenters. The van der Waals surface area contributed by atoms with E-state index < -0.39 is 0 Å². The normalized spacial score (nSPS) is 20.4. The summed E-state index contributed by atoms with van der Waals surface area (Å²) < 4.78 is 0. The fourth-order valence-electron chi connectivity index (χ4n) is 2.79. The van der Waals surface area contributed by atoms with Gasteiger partial charge >= 0.3 is 0 Å². The molecule has 0 aromatic heterocycles. The molecule has 0 spiro atoms. The minimum Gasteiger partial charge on any atom is -0.348 e. The molecule has 0 bridgehead atoms. The van der Waals surface area contributed by atoms with E-state index in [0.717, 1.165) is 19.3 Å². The third-order valence-electron chi connectivity index (χ3n) is 3.94. The zero-order chi connectivity index (χ0) is 16.8. The Bertz CT molecular complexity index is 643. The fourth-order valence-corrected chi connectivity index (χ4v) is 3.29. The molecule has 5 nitrogen and oxygen atoms in total. The highest BCUT2D eigenvalue weighted by molar-refractivity contribution is 6.36. The van der Waals surface area contributed by atoms with Gasteiger partial charge in [0.2, 0.25) is 5.91 Å². The van der Waals surface area contributed by atoms with Crippen molar-refractivity contribution in [2.24, 2.45) is 5.92 Å². The largest absolute Gasteiger partial charge is 0.348 e. The Morgan fingerprint density at radius 1 is 1.26 bits per heavy atom. The van der Waals surface area contributed by atoms with Crippen molar-refractivity contribution < 1.29 is 9.59 Å². The van der Waals surface area contributed by atoms with Gasteiger partial charge < -0.3 is 10.6 Å². The Labute approximate surface area is 144 Å². The van der Waals surface area contributed by atoms with E-state index in [4.69, 9.17) is 28.5 Å². The number of amides is 2. The summed E-state index contributed by atoms with van der Waals surface area (Å²) in [5.41, 5.74) is 0.331. The average Bonchev–Trinajstić information content (AvgIpc) is 2.53. The molecule has 0 aliphatic heterocycles. The molecule has 23 heavy (non-hydrogen) atoms. The molecule has 2 amide bonds. The molecule has 122 valence electrons. The summed E-state index contributed by atoms with van der Waals surface area (Å²) in [7, 11) is 0. The van der Waals surface area contributed by atoms with Crippen molar-refractivity contribution in [1.29, 1.82) is 5.26 Å². The maximum Gasteiger partial charge on any atom is 0.253 e. The van der Waals surface area contributed by atoms with Gasteiger partial charge in [0.1, 0.15) is 6.54 Å². The molecule has 1 aliphatic rings. The minimum absolute atomic E-state index is 0.0288. The Hall–Kier alpha value is -1.77. The van der Waals surface area contributed by atoms with Gasteiger partial charge in [0, 0.05) is 11.1 Å². The van der Waals surface area contributed by atoms with Crippen LogP contribution in [0.1, 0.15) is 36.0 Å². The van der Waals surface area contributed by atoms with Crippen LogP contribution >= 0.6 is 23.2 Å². The van der Waals surface area contributed by atoms with Gasteiger partial charge in [-0.05, 0) is 31.0 Å². The Kier molecular flexibility index (Phi) is 6.26. The smallest absolute Gasteiger partial charge is 0.253 e. The minimum atomic E-state index is -0.327. The first-order chi connectivity index (χ1) is 11.0. The van der Waals surface area contributed by atoms with E-state index in [2.05, 4.69) is 10.6 Å². The monoisotopic (exact) mass is 353 g/mol. The van der Waals surface area contributed by atoms with Crippen LogP contribution in [0.25, 0.3) is 0 Å². The van der Waals surface area contributed by atoms with Crippen molar-refractivity contribution in [1.82, 2.24) is 10.6 Å². The first-order valence-electron chi connectivity index (χ1n) is 7.43. The summed E-state index contributed by atoms with van der Waals surface area (Å²) in [6, 6.07) is 6.29. The highest BCUT2D eigenvalue weighted by Gasteiger charge is 2.32. The lowest BCUT2D eigenvalue weighted by Crippen LogP contribution is -2.48. The van der Waals surface area contributed by atoms with Crippen LogP contribution in [0.3, 0.4) is 0 Å². The number of hydrogen-bond donors (Lipinski definition) is 2. The van der Waals surface area contributed by atoms with Gasteiger partial charge in [0.15, 0.2) is 0 Å². The van der Waals surface area contributed by atoms with Crippen LogP contribution < -0.4 is 10.6 Å². The third-order valence-corrected chi connectivity index (χ3v) is 4.48. The maximum atomic E-state index is 12.4. The first kappa shape index (κ1) is 17.6. The van der Waals surface area contributed by atoms with Crippen LogP contribution in [0.4, 0.5) is 0 Å². The van der Waals surface area contributed by atoms with Crippen molar-refractivity contribution in [3.05, 3.63) is 33.8 Å². The second-order valence-electron chi connectivity index (χ2n) is 5.47. The van der Waals surface area contributed by atoms with Gasteiger partial charge in [-0.1, -0.05) is 36.0 Å². The van der Waals surface area contributed by atoms with Crippen molar-refractivity contribution in [3.8, 4) is 6.07 Å². The number of rotatable bonds is 4. The second-order valence-corrected chi connectivity index (χ2v) is 6.31. The molecule has 0 heterocycles. The molecule has 2 atom stereocenters. The highest BCUT2D eigenvalue weighted by atomic mass is 35.5. The van der Waals surface area contributed by atoms with Crippen molar-refractivity contribution in [2.75, 3.05) is 6.54 Å². The summed E-state index contributed by atoms with van der Waals surface area (Å²) in [5.74, 6) is -0.845. The third kappa shape index (κ3) is 4.60. The summed E-state index contributed by atoms with van der Waals surface area (Å²) in [4.78, 5) is 24.5. The molecule has 1 aromatic rings. The molecule has 1 aliphatic carbocycles. The van der Waals surface area contributed by atoms with Crippen LogP contribution in [0.2, 0.25) is 10.0 Å². The SMILES string of the molecule is N#CCNC(=O)[C@H]1CCCC[C@H]1NC(=O)c1ccc(Cl)cc1Cl. The molecule has 1 fully saturated rings. The number of halogens is 2. The molecular weight excluding hydrogens is 337 g/mol. The lowest BCUT2D eigenvalue weighted by atomic mass is 9.83. The number of benzene rings is 1. The number of nitriles is 1. The van der Waals surface area contributed by atoms with Gasteiger partial charge in [-0.25, -0.2) is 0 Å². The van der Waals surface area contributed by atoms with Crippen molar-refractivity contribution in [3.63, 3.8) is 0 Å². The number of nitrogens with one attached hydrogen (secondary N) is 2. The maximum absolute atomic E-state index is 12.4. The average molecular weight is 354 g/mol. The fraction of sp³-hybridized carbons (Fsp3) is 0.438. The topological polar surface area (TPSA) is 82.0 Å².